The zero-order valence-electron chi connectivity index (χ0n) is 10.7. The Kier molecular flexibility index (Phi) is 3.96. The van der Waals surface area contributed by atoms with Crippen molar-refractivity contribution in [3.05, 3.63) is 11.7 Å². The maximum atomic E-state index is 11.9. The molecule has 1 saturated carbocycles. The smallest absolute Gasteiger partial charge is 0.227 e. The van der Waals surface area contributed by atoms with Gasteiger partial charge < -0.3 is 15.6 Å². The standard InChI is InChI=1S/C12H20N4O2/c1-9-14-11(18-16-9)5-4-10(17)15-12(8-13)6-2-3-7-12/h2-8,13H2,1H3,(H,15,17). The fourth-order valence-corrected chi connectivity index (χ4v) is 2.45. The van der Waals surface area contributed by atoms with Crippen LogP contribution in [0.5, 0.6) is 0 Å². The molecule has 1 aromatic heterocycles. The Balaban J connectivity index is 1.81. The molecule has 0 saturated heterocycles. The topological polar surface area (TPSA) is 94.0 Å². The summed E-state index contributed by atoms with van der Waals surface area (Å²) in [6.45, 7) is 2.27. The minimum absolute atomic E-state index is 0.0122. The van der Waals surface area contributed by atoms with Crippen LogP contribution in [-0.4, -0.2) is 28.1 Å². The van der Waals surface area contributed by atoms with Crippen molar-refractivity contribution in [3.63, 3.8) is 0 Å². The van der Waals surface area contributed by atoms with E-state index in [9.17, 15) is 4.79 Å². The lowest BCUT2D eigenvalue weighted by Gasteiger charge is -2.28. The number of amides is 1. The summed E-state index contributed by atoms with van der Waals surface area (Å²) in [4.78, 5) is 16.0. The molecule has 6 heteroatoms. The van der Waals surface area contributed by atoms with E-state index in [0.29, 0.717) is 31.1 Å². The molecule has 1 aliphatic rings. The van der Waals surface area contributed by atoms with Crippen molar-refractivity contribution < 1.29 is 9.32 Å². The lowest BCUT2D eigenvalue weighted by Crippen LogP contribution is -2.51. The molecule has 0 aromatic carbocycles. The van der Waals surface area contributed by atoms with E-state index < -0.39 is 0 Å². The van der Waals surface area contributed by atoms with E-state index in [1.54, 1.807) is 6.92 Å². The lowest BCUT2D eigenvalue weighted by molar-refractivity contribution is -0.123. The van der Waals surface area contributed by atoms with Gasteiger partial charge in [-0.25, -0.2) is 0 Å². The molecule has 1 heterocycles. The van der Waals surface area contributed by atoms with Gasteiger partial charge in [0, 0.05) is 19.4 Å². The van der Waals surface area contributed by atoms with Crippen molar-refractivity contribution in [1.29, 1.82) is 0 Å². The molecule has 0 aliphatic heterocycles. The van der Waals surface area contributed by atoms with Gasteiger partial charge in [0.2, 0.25) is 11.8 Å². The van der Waals surface area contributed by atoms with E-state index in [-0.39, 0.29) is 11.4 Å². The Bertz CT molecular complexity index is 410. The molecule has 0 radical (unpaired) electrons. The molecule has 1 amide bonds. The normalized spacial score (nSPS) is 17.9. The molecule has 100 valence electrons. The third-order valence-corrected chi connectivity index (χ3v) is 3.49. The molecule has 6 nitrogen and oxygen atoms in total. The van der Waals surface area contributed by atoms with Crippen LogP contribution in [0.25, 0.3) is 0 Å². The lowest BCUT2D eigenvalue weighted by atomic mass is 9.97. The highest BCUT2D eigenvalue weighted by molar-refractivity contribution is 5.77. The molecular weight excluding hydrogens is 232 g/mol. The molecule has 1 fully saturated rings. The Labute approximate surface area is 106 Å². The number of nitrogens with zero attached hydrogens (tertiary/aromatic N) is 2. The van der Waals surface area contributed by atoms with E-state index in [0.717, 1.165) is 25.7 Å². The number of rotatable bonds is 5. The highest BCUT2D eigenvalue weighted by atomic mass is 16.5. The van der Waals surface area contributed by atoms with Gasteiger partial charge in [0.15, 0.2) is 5.82 Å². The Morgan fingerprint density at radius 2 is 2.22 bits per heavy atom. The molecule has 0 unspecified atom stereocenters. The summed E-state index contributed by atoms with van der Waals surface area (Å²) in [6.07, 6.45) is 5.08. The zero-order valence-corrected chi connectivity index (χ0v) is 10.7. The first kappa shape index (κ1) is 13.0. The molecule has 18 heavy (non-hydrogen) atoms. The second-order valence-electron chi connectivity index (χ2n) is 4.98. The molecular formula is C12H20N4O2. The first-order chi connectivity index (χ1) is 8.63. The van der Waals surface area contributed by atoms with Gasteiger partial charge in [0.05, 0.1) is 5.54 Å². The van der Waals surface area contributed by atoms with Crippen molar-refractivity contribution in [2.45, 2.75) is 51.0 Å². The second kappa shape index (κ2) is 5.48. The molecule has 0 bridgehead atoms. The Morgan fingerprint density at radius 1 is 1.50 bits per heavy atom. The van der Waals surface area contributed by atoms with Crippen LogP contribution >= 0.6 is 0 Å². The van der Waals surface area contributed by atoms with Crippen LogP contribution in [-0.2, 0) is 11.2 Å². The Hall–Kier alpha value is -1.43. The van der Waals surface area contributed by atoms with Crippen LogP contribution in [0.3, 0.4) is 0 Å². The predicted octanol–water partition coefficient (Wildman–Crippen LogP) is 0.698. The SMILES string of the molecule is Cc1noc(CCC(=O)NC2(CN)CCCC2)n1. The first-order valence-corrected chi connectivity index (χ1v) is 6.44. The Morgan fingerprint density at radius 3 is 2.78 bits per heavy atom. The van der Waals surface area contributed by atoms with E-state index in [1.165, 1.54) is 0 Å². The van der Waals surface area contributed by atoms with E-state index in [1.807, 2.05) is 0 Å². The van der Waals surface area contributed by atoms with E-state index >= 15 is 0 Å². The van der Waals surface area contributed by atoms with Crippen LogP contribution in [0.15, 0.2) is 4.52 Å². The minimum Gasteiger partial charge on any atom is -0.349 e. The van der Waals surface area contributed by atoms with Gasteiger partial charge >= 0.3 is 0 Å². The highest BCUT2D eigenvalue weighted by Crippen LogP contribution is 2.28. The van der Waals surface area contributed by atoms with Crippen molar-refractivity contribution in [2.24, 2.45) is 5.73 Å². The molecule has 1 aliphatic carbocycles. The monoisotopic (exact) mass is 252 g/mol. The molecule has 0 spiro atoms. The summed E-state index contributed by atoms with van der Waals surface area (Å²) in [5.41, 5.74) is 5.59. The van der Waals surface area contributed by atoms with E-state index in [4.69, 9.17) is 10.3 Å². The first-order valence-electron chi connectivity index (χ1n) is 6.44. The summed E-state index contributed by atoms with van der Waals surface area (Å²) in [6, 6.07) is 0. The largest absolute Gasteiger partial charge is 0.349 e. The number of hydrogen-bond acceptors (Lipinski definition) is 5. The number of hydrogen-bond donors (Lipinski definition) is 2. The summed E-state index contributed by atoms with van der Waals surface area (Å²) in [5, 5.41) is 6.76. The quantitative estimate of drug-likeness (QED) is 0.804. The van der Waals surface area contributed by atoms with Crippen molar-refractivity contribution in [2.75, 3.05) is 6.54 Å². The van der Waals surface area contributed by atoms with E-state index in [2.05, 4.69) is 15.5 Å². The van der Waals surface area contributed by atoms with Gasteiger partial charge in [-0.1, -0.05) is 18.0 Å². The third kappa shape index (κ3) is 3.07. The summed E-state index contributed by atoms with van der Waals surface area (Å²) in [7, 11) is 0. The maximum absolute atomic E-state index is 11.9. The van der Waals surface area contributed by atoms with Gasteiger partial charge in [0.1, 0.15) is 0 Å². The number of nitrogens with one attached hydrogen (secondary N) is 1. The number of carbonyl (C=O) groups is 1. The van der Waals surface area contributed by atoms with Gasteiger partial charge in [-0.2, -0.15) is 4.98 Å². The third-order valence-electron chi connectivity index (χ3n) is 3.49. The number of nitrogens with two attached hydrogens (primary N) is 1. The van der Waals surface area contributed by atoms with Crippen molar-refractivity contribution >= 4 is 5.91 Å². The maximum Gasteiger partial charge on any atom is 0.227 e. The number of aromatic nitrogens is 2. The van der Waals surface area contributed by atoms with Gasteiger partial charge in [-0.15, -0.1) is 0 Å². The van der Waals surface area contributed by atoms with Crippen LogP contribution in [0, 0.1) is 6.92 Å². The zero-order chi connectivity index (χ0) is 13.0. The number of aryl methyl sites for hydroxylation is 2. The van der Waals surface area contributed by atoms with Gasteiger partial charge in [-0.05, 0) is 19.8 Å². The highest BCUT2D eigenvalue weighted by Gasteiger charge is 2.33. The fraction of sp³-hybridized carbons (Fsp3) is 0.750. The molecule has 2 rings (SSSR count). The van der Waals surface area contributed by atoms with Crippen molar-refractivity contribution in [1.82, 2.24) is 15.5 Å². The average Bonchev–Trinajstić information content (AvgIpc) is 2.97. The second-order valence-corrected chi connectivity index (χ2v) is 4.98. The van der Waals surface area contributed by atoms with Gasteiger partial charge in [0.25, 0.3) is 0 Å². The minimum atomic E-state index is -0.179. The van der Waals surface area contributed by atoms with Crippen LogP contribution < -0.4 is 11.1 Å². The average molecular weight is 252 g/mol. The molecule has 1 aromatic rings. The summed E-state index contributed by atoms with van der Waals surface area (Å²) < 4.78 is 4.97. The number of carbonyl (C=O) groups excluding carboxylic acids is 1. The van der Waals surface area contributed by atoms with Gasteiger partial charge in [-0.3, -0.25) is 4.79 Å². The summed E-state index contributed by atoms with van der Waals surface area (Å²) in [5.74, 6) is 1.12. The molecule has 0 atom stereocenters. The van der Waals surface area contributed by atoms with Crippen molar-refractivity contribution in [3.8, 4) is 0 Å². The van der Waals surface area contributed by atoms with Crippen LogP contribution in [0.2, 0.25) is 0 Å². The van der Waals surface area contributed by atoms with Crippen LogP contribution in [0.4, 0.5) is 0 Å². The molecule has 3 N–H and O–H groups in total. The van der Waals surface area contributed by atoms with Crippen LogP contribution in [0.1, 0.15) is 43.8 Å². The predicted molar refractivity (Wildman–Crippen MR) is 65.8 cm³/mol. The fourth-order valence-electron chi connectivity index (χ4n) is 2.45. The summed E-state index contributed by atoms with van der Waals surface area (Å²) >= 11 is 0.